The minimum Gasteiger partial charge on any atom is -0.493 e. The van der Waals surface area contributed by atoms with E-state index in [1.807, 2.05) is 36.4 Å². The van der Waals surface area contributed by atoms with E-state index in [0.29, 0.717) is 17.2 Å². The predicted molar refractivity (Wildman–Crippen MR) is 96.5 cm³/mol. The molecule has 2 aromatic carbocycles. The van der Waals surface area contributed by atoms with Gasteiger partial charge in [-0.2, -0.15) is 0 Å². The fraction of sp³-hybridized carbons (Fsp3) is 0.300. The fourth-order valence-electron chi connectivity index (χ4n) is 2.97. The van der Waals surface area contributed by atoms with Crippen LogP contribution in [0.15, 0.2) is 53.7 Å². The Balaban J connectivity index is 1.99. The highest BCUT2D eigenvalue weighted by Gasteiger charge is 2.42. The van der Waals surface area contributed by atoms with Crippen LogP contribution >= 0.6 is 0 Å². The zero-order valence-electron chi connectivity index (χ0n) is 15.0. The van der Waals surface area contributed by atoms with Crippen molar-refractivity contribution in [3.8, 4) is 11.5 Å². The van der Waals surface area contributed by atoms with Gasteiger partial charge in [0, 0.05) is 5.56 Å². The number of methoxy groups -OCH3 is 2. The molecule has 3 rings (SSSR count). The minimum absolute atomic E-state index is 0.288. The molecule has 0 fully saturated rings. The lowest BCUT2D eigenvalue weighted by Crippen LogP contribution is -2.29. The summed E-state index contributed by atoms with van der Waals surface area (Å²) in [4.78, 5) is 18.3. The Morgan fingerprint density at radius 2 is 1.81 bits per heavy atom. The van der Waals surface area contributed by atoms with E-state index in [4.69, 9.17) is 19.0 Å². The topological polar surface area (TPSA) is 66.4 Å². The van der Waals surface area contributed by atoms with Gasteiger partial charge in [0.2, 0.25) is 0 Å². The monoisotopic (exact) mass is 355 g/mol. The Morgan fingerprint density at radius 1 is 1.08 bits per heavy atom. The summed E-state index contributed by atoms with van der Waals surface area (Å²) in [5.41, 5.74) is 2.10. The molecule has 0 aliphatic carbocycles. The van der Waals surface area contributed by atoms with Gasteiger partial charge in [0.05, 0.1) is 20.8 Å². The summed E-state index contributed by atoms with van der Waals surface area (Å²) >= 11 is 0. The van der Waals surface area contributed by atoms with Gasteiger partial charge in [0.25, 0.3) is 0 Å². The van der Waals surface area contributed by atoms with Crippen LogP contribution < -0.4 is 9.47 Å². The lowest BCUT2D eigenvalue weighted by atomic mass is 9.88. The van der Waals surface area contributed by atoms with Crippen molar-refractivity contribution in [3.05, 3.63) is 59.7 Å². The number of benzene rings is 2. The number of hydrogen-bond acceptors (Lipinski definition) is 6. The molecule has 0 aromatic heterocycles. The van der Waals surface area contributed by atoms with Crippen LogP contribution in [-0.4, -0.2) is 32.5 Å². The fourth-order valence-corrected chi connectivity index (χ4v) is 2.97. The molecule has 0 radical (unpaired) electrons. The summed E-state index contributed by atoms with van der Waals surface area (Å²) in [6, 6.07) is 14.9. The molecule has 2 atom stereocenters. The second-order valence-electron chi connectivity index (χ2n) is 5.71. The van der Waals surface area contributed by atoms with Gasteiger partial charge in [-0.25, -0.2) is 0 Å². The maximum Gasteiger partial charge on any atom is 0.319 e. The van der Waals surface area contributed by atoms with Crippen LogP contribution in [0, 0.1) is 5.92 Å². The molecule has 1 heterocycles. The molecule has 136 valence electrons. The standard InChI is InChI=1S/C20H21NO5/c1-4-25-20(22)17-18(14-10-11-15(23-2)16(12-14)24-3)21-26-19(17)13-8-6-5-7-9-13/h5-12,17,19H,4H2,1-3H3. The first-order valence-electron chi connectivity index (χ1n) is 8.37. The maximum absolute atomic E-state index is 12.7. The first-order valence-corrected chi connectivity index (χ1v) is 8.37. The lowest BCUT2D eigenvalue weighted by molar-refractivity contribution is -0.148. The zero-order chi connectivity index (χ0) is 18.5. The molecule has 6 nitrogen and oxygen atoms in total. The molecule has 2 aromatic rings. The predicted octanol–water partition coefficient (Wildman–Crippen LogP) is 3.36. The second-order valence-corrected chi connectivity index (χ2v) is 5.71. The van der Waals surface area contributed by atoms with Crippen LogP contribution in [0.25, 0.3) is 0 Å². The summed E-state index contributed by atoms with van der Waals surface area (Å²) < 4.78 is 15.9. The number of hydrogen-bond donors (Lipinski definition) is 0. The van der Waals surface area contributed by atoms with Crippen LogP contribution in [0.2, 0.25) is 0 Å². The van der Waals surface area contributed by atoms with Gasteiger partial charge in [0.15, 0.2) is 17.6 Å². The van der Waals surface area contributed by atoms with Crippen molar-refractivity contribution < 1.29 is 23.8 Å². The first kappa shape index (κ1) is 17.8. The van der Waals surface area contributed by atoms with Crippen LogP contribution in [-0.2, 0) is 14.4 Å². The van der Waals surface area contributed by atoms with Crippen LogP contribution in [0.5, 0.6) is 11.5 Å². The largest absolute Gasteiger partial charge is 0.493 e. The van der Waals surface area contributed by atoms with E-state index in [2.05, 4.69) is 5.16 Å². The van der Waals surface area contributed by atoms with Gasteiger partial charge >= 0.3 is 5.97 Å². The highest BCUT2D eigenvalue weighted by atomic mass is 16.6. The number of carbonyl (C=O) groups excluding carboxylic acids is 1. The average molecular weight is 355 g/mol. The van der Waals surface area contributed by atoms with E-state index in [9.17, 15) is 4.79 Å². The summed E-state index contributed by atoms with van der Waals surface area (Å²) in [5, 5.41) is 4.20. The van der Waals surface area contributed by atoms with Gasteiger partial charge in [-0.05, 0) is 30.7 Å². The van der Waals surface area contributed by atoms with Gasteiger partial charge < -0.3 is 19.0 Å². The van der Waals surface area contributed by atoms with E-state index in [-0.39, 0.29) is 12.6 Å². The molecular formula is C20H21NO5. The molecule has 26 heavy (non-hydrogen) atoms. The van der Waals surface area contributed by atoms with E-state index in [1.54, 1.807) is 33.3 Å². The van der Waals surface area contributed by atoms with Crippen molar-refractivity contribution in [1.29, 1.82) is 0 Å². The Morgan fingerprint density at radius 3 is 2.46 bits per heavy atom. The summed E-state index contributed by atoms with van der Waals surface area (Å²) in [6.07, 6.45) is -0.529. The summed E-state index contributed by atoms with van der Waals surface area (Å²) in [5.74, 6) is 0.129. The zero-order valence-corrected chi connectivity index (χ0v) is 15.0. The van der Waals surface area contributed by atoms with E-state index >= 15 is 0 Å². The van der Waals surface area contributed by atoms with E-state index < -0.39 is 12.0 Å². The Kier molecular flexibility index (Phi) is 5.41. The van der Waals surface area contributed by atoms with Crippen LogP contribution in [0.3, 0.4) is 0 Å². The van der Waals surface area contributed by atoms with Crippen molar-refractivity contribution in [2.45, 2.75) is 13.0 Å². The van der Waals surface area contributed by atoms with E-state index in [1.165, 1.54) is 0 Å². The summed E-state index contributed by atoms with van der Waals surface area (Å²) in [6.45, 7) is 2.06. The maximum atomic E-state index is 12.7. The number of nitrogens with zero attached hydrogens (tertiary/aromatic N) is 1. The van der Waals surface area contributed by atoms with E-state index in [0.717, 1.165) is 11.1 Å². The van der Waals surface area contributed by atoms with Crippen molar-refractivity contribution in [2.75, 3.05) is 20.8 Å². The van der Waals surface area contributed by atoms with Crippen molar-refractivity contribution in [1.82, 2.24) is 0 Å². The van der Waals surface area contributed by atoms with Gasteiger partial charge in [-0.1, -0.05) is 35.5 Å². The highest BCUT2D eigenvalue weighted by Crippen LogP contribution is 2.37. The number of carbonyl (C=O) groups is 1. The average Bonchev–Trinajstić information content (AvgIpc) is 3.13. The Bertz CT molecular complexity index is 803. The molecule has 0 N–H and O–H groups in total. The number of ether oxygens (including phenoxy) is 3. The molecule has 6 heteroatoms. The third kappa shape index (κ3) is 3.35. The number of rotatable bonds is 6. The molecule has 0 bridgehead atoms. The van der Waals surface area contributed by atoms with Crippen LogP contribution in [0.1, 0.15) is 24.2 Å². The number of oxime groups is 1. The normalized spacial score (nSPS) is 18.7. The third-order valence-corrected chi connectivity index (χ3v) is 4.21. The SMILES string of the molecule is CCOC(=O)C1C(c2ccc(OC)c(OC)c2)=NOC1c1ccccc1. The van der Waals surface area contributed by atoms with Crippen molar-refractivity contribution in [2.24, 2.45) is 11.1 Å². The molecule has 0 amide bonds. The Labute approximate surface area is 152 Å². The molecule has 2 unspecified atom stereocenters. The van der Waals surface area contributed by atoms with Crippen molar-refractivity contribution >= 4 is 11.7 Å². The lowest BCUT2D eigenvalue weighted by Gasteiger charge is -2.18. The Hall–Kier alpha value is -3.02. The summed E-state index contributed by atoms with van der Waals surface area (Å²) in [7, 11) is 3.13. The molecular weight excluding hydrogens is 334 g/mol. The van der Waals surface area contributed by atoms with Gasteiger partial charge in [-0.15, -0.1) is 0 Å². The van der Waals surface area contributed by atoms with Gasteiger partial charge in [0.1, 0.15) is 11.6 Å². The smallest absolute Gasteiger partial charge is 0.319 e. The highest BCUT2D eigenvalue weighted by molar-refractivity contribution is 6.13. The number of esters is 1. The third-order valence-electron chi connectivity index (χ3n) is 4.21. The van der Waals surface area contributed by atoms with Crippen molar-refractivity contribution in [3.63, 3.8) is 0 Å². The first-order chi connectivity index (χ1) is 12.7. The molecule has 0 saturated heterocycles. The molecule has 1 aliphatic heterocycles. The second kappa shape index (κ2) is 7.91. The molecule has 0 saturated carbocycles. The minimum atomic E-state index is -0.657. The van der Waals surface area contributed by atoms with Crippen LogP contribution in [0.4, 0.5) is 0 Å². The quantitative estimate of drug-likeness (QED) is 0.744. The molecule has 0 spiro atoms. The van der Waals surface area contributed by atoms with Gasteiger partial charge in [-0.3, -0.25) is 4.79 Å². The molecule has 1 aliphatic rings.